The Balaban J connectivity index is 1.78. The number of para-hydroxylation sites is 1. The molecular formula is C19H21NO3S. The molecule has 24 heavy (non-hydrogen) atoms. The lowest BCUT2D eigenvalue weighted by molar-refractivity contribution is -0.121. The molecule has 1 aliphatic rings. The molecular weight excluding hydrogens is 322 g/mol. The van der Waals surface area contributed by atoms with E-state index in [0.717, 1.165) is 17.7 Å². The van der Waals surface area contributed by atoms with Crippen molar-refractivity contribution in [3.05, 3.63) is 66.2 Å². The Morgan fingerprint density at radius 1 is 1.00 bits per heavy atom. The van der Waals surface area contributed by atoms with Gasteiger partial charge in [-0.05, 0) is 30.5 Å². The molecule has 0 aromatic heterocycles. The van der Waals surface area contributed by atoms with Gasteiger partial charge < -0.3 is 4.90 Å². The first kappa shape index (κ1) is 16.7. The van der Waals surface area contributed by atoms with Crippen molar-refractivity contribution >= 4 is 21.4 Å². The number of hydrogen-bond acceptors (Lipinski definition) is 3. The lowest BCUT2D eigenvalue weighted by Gasteiger charge is -2.25. The minimum Gasteiger partial charge on any atom is -0.312 e. The maximum Gasteiger partial charge on any atom is 0.231 e. The molecule has 1 saturated heterocycles. The average Bonchev–Trinajstić information content (AvgIpc) is 2.97. The number of hydrogen-bond donors (Lipinski definition) is 0. The Labute approximate surface area is 143 Å². The summed E-state index contributed by atoms with van der Waals surface area (Å²) in [5, 5.41) is 0. The summed E-state index contributed by atoms with van der Waals surface area (Å²) in [5.74, 6) is -0.421. The van der Waals surface area contributed by atoms with Crippen molar-refractivity contribution in [2.75, 3.05) is 23.0 Å². The molecule has 5 heteroatoms. The van der Waals surface area contributed by atoms with Gasteiger partial charge in [0, 0.05) is 12.2 Å². The molecule has 1 atom stereocenters. The number of rotatable bonds is 5. The SMILES string of the molecule is O=C([C@@H]1CCS(=O)(=O)C1)N(CCc1ccccc1)c1ccccc1. The smallest absolute Gasteiger partial charge is 0.231 e. The minimum absolute atomic E-state index is 0.0273. The Morgan fingerprint density at radius 3 is 2.21 bits per heavy atom. The molecule has 1 fully saturated rings. The van der Waals surface area contributed by atoms with Gasteiger partial charge in [-0.1, -0.05) is 48.5 Å². The normalized spacial score (nSPS) is 19.1. The molecule has 0 bridgehead atoms. The van der Waals surface area contributed by atoms with Crippen LogP contribution in [0.1, 0.15) is 12.0 Å². The number of nitrogens with zero attached hydrogens (tertiary/aromatic N) is 1. The van der Waals surface area contributed by atoms with Crippen LogP contribution < -0.4 is 4.90 Å². The molecule has 2 aromatic carbocycles. The highest BCUT2D eigenvalue weighted by Crippen LogP contribution is 2.24. The van der Waals surface area contributed by atoms with E-state index in [1.54, 1.807) is 4.90 Å². The van der Waals surface area contributed by atoms with Crippen LogP contribution in [-0.4, -0.2) is 32.4 Å². The fourth-order valence-corrected chi connectivity index (χ4v) is 4.80. The summed E-state index contributed by atoms with van der Waals surface area (Å²) >= 11 is 0. The van der Waals surface area contributed by atoms with Crippen molar-refractivity contribution in [2.24, 2.45) is 5.92 Å². The molecule has 1 heterocycles. The molecule has 4 nitrogen and oxygen atoms in total. The van der Waals surface area contributed by atoms with Crippen LogP contribution in [0.4, 0.5) is 5.69 Å². The Hall–Kier alpha value is -2.14. The van der Waals surface area contributed by atoms with Gasteiger partial charge in [0.05, 0.1) is 17.4 Å². The van der Waals surface area contributed by atoms with E-state index in [1.165, 1.54) is 0 Å². The predicted molar refractivity (Wildman–Crippen MR) is 95.7 cm³/mol. The van der Waals surface area contributed by atoms with Crippen LogP contribution in [0.15, 0.2) is 60.7 Å². The molecule has 0 unspecified atom stereocenters. The average molecular weight is 343 g/mol. The van der Waals surface area contributed by atoms with Gasteiger partial charge in [-0.25, -0.2) is 8.42 Å². The Bertz CT molecular complexity index is 788. The summed E-state index contributed by atoms with van der Waals surface area (Å²) in [6, 6.07) is 19.5. The van der Waals surface area contributed by atoms with Gasteiger partial charge in [0.25, 0.3) is 0 Å². The highest BCUT2D eigenvalue weighted by molar-refractivity contribution is 7.91. The van der Waals surface area contributed by atoms with Gasteiger partial charge >= 0.3 is 0 Å². The summed E-state index contributed by atoms with van der Waals surface area (Å²) in [6.45, 7) is 0.545. The third kappa shape index (κ3) is 4.03. The molecule has 2 aromatic rings. The standard InChI is InChI=1S/C19H21NO3S/c21-19(17-12-14-24(22,23)15-17)20(18-9-5-2-6-10-18)13-11-16-7-3-1-4-8-16/h1-10,17H,11-15H2/t17-/m1/s1. The zero-order valence-electron chi connectivity index (χ0n) is 13.5. The maximum absolute atomic E-state index is 12.9. The summed E-state index contributed by atoms with van der Waals surface area (Å²) in [7, 11) is -3.07. The number of carbonyl (C=O) groups excluding carboxylic acids is 1. The number of amides is 1. The third-order valence-electron chi connectivity index (χ3n) is 4.38. The molecule has 0 radical (unpaired) electrons. The van der Waals surface area contributed by atoms with E-state index in [-0.39, 0.29) is 17.4 Å². The second-order valence-electron chi connectivity index (χ2n) is 6.16. The van der Waals surface area contributed by atoms with Crippen LogP contribution in [0.25, 0.3) is 0 Å². The van der Waals surface area contributed by atoms with Crippen LogP contribution in [0.5, 0.6) is 0 Å². The molecule has 3 rings (SSSR count). The second kappa shape index (κ2) is 7.18. The van der Waals surface area contributed by atoms with E-state index < -0.39 is 15.8 Å². The molecule has 1 amide bonds. The number of anilines is 1. The summed E-state index contributed by atoms with van der Waals surface area (Å²) in [5.41, 5.74) is 1.98. The molecule has 0 saturated carbocycles. The lowest BCUT2D eigenvalue weighted by Crippen LogP contribution is -2.38. The molecule has 126 valence electrons. The maximum atomic E-state index is 12.9. The van der Waals surface area contributed by atoms with E-state index in [1.807, 2.05) is 60.7 Å². The second-order valence-corrected chi connectivity index (χ2v) is 8.39. The fourth-order valence-electron chi connectivity index (χ4n) is 3.07. The van der Waals surface area contributed by atoms with E-state index >= 15 is 0 Å². The van der Waals surface area contributed by atoms with Crippen LogP contribution in [0.3, 0.4) is 0 Å². The number of benzene rings is 2. The number of carbonyl (C=O) groups is 1. The van der Waals surface area contributed by atoms with E-state index in [0.29, 0.717) is 13.0 Å². The van der Waals surface area contributed by atoms with Crippen molar-refractivity contribution < 1.29 is 13.2 Å². The first-order valence-electron chi connectivity index (χ1n) is 8.16. The fraction of sp³-hybridized carbons (Fsp3) is 0.316. The van der Waals surface area contributed by atoms with Gasteiger partial charge in [0.15, 0.2) is 9.84 Å². The summed E-state index contributed by atoms with van der Waals surface area (Å²) in [6.07, 6.45) is 1.16. The molecule has 0 aliphatic carbocycles. The van der Waals surface area contributed by atoms with E-state index in [2.05, 4.69) is 0 Å². The largest absolute Gasteiger partial charge is 0.312 e. The van der Waals surface area contributed by atoms with Gasteiger partial charge in [0.2, 0.25) is 5.91 Å². The van der Waals surface area contributed by atoms with Gasteiger partial charge in [-0.2, -0.15) is 0 Å². The molecule has 0 spiro atoms. The monoisotopic (exact) mass is 343 g/mol. The third-order valence-corrected chi connectivity index (χ3v) is 6.15. The zero-order valence-corrected chi connectivity index (χ0v) is 14.3. The van der Waals surface area contributed by atoms with Crippen LogP contribution in [-0.2, 0) is 21.1 Å². The van der Waals surface area contributed by atoms with Crippen molar-refractivity contribution in [1.82, 2.24) is 0 Å². The predicted octanol–water partition coefficient (Wildman–Crippen LogP) is 2.70. The lowest BCUT2D eigenvalue weighted by atomic mass is 10.1. The highest BCUT2D eigenvalue weighted by atomic mass is 32.2. The molecule has 1 aliphatic heterocycles. The summed E-state index contributed by atoms with van der Waals surface area (Å²) < 4.78 is 23.4. The quantitative estimate of drug-likeness (QED) is 0.839. The summed E-state index contributed by atoms with van der Waals surface area (Å²) in [4.78, 5) is 14.7. The van der Waals surface area contributed by atoms with Crippen LogP contribution in [0.2, 0.25) is 0 Å². The van der Waals surface area contributed by atoms with Crippen molar-refractivity contribution in [1.29, 1.82) is 0 Å². The Kier molecular flexibility index (Phi) is 5.00. The number of sulfone groups is 1. The van der Waals surface area contributed by atoms with E-state index in [4.69, 9.17) is 0 Å². The highest BCUT2D eigenvalue weighted by Gasteiger charge is 2.35. The van der Waals surface area contributed by atoms with Crippen LogP contribution >= 0.6 is 0 Å². The zero-order chi connectivity index (χ0) is 17.0. The van der Waals surface area contributed by atoms with Crippen LogP contribution in [0, 0.1) is 5.92 Å². The van der Waals surface area contributed by atoms with Gasteiger partial charge in [-0.15, -0.1) is 0 Å². The molecule has 0 N–H and O–H groups in total. The van der Waals surface area contributed by atoms with Gasteiger partial charge in [0.1, 0.15) is 0 Å². The first-order chi connectivity index (χ1) is 11.6. The van der Waals surface area contributed by atoms with Crippen molar-refractivity contribution in [3.63, 3.8) is 0 Å². The first-order valence-corrected chi connectivity index (χ1v) is 9.98. The van der Waals surface area contributed by atoms with Gasteiger partial charge in [-0.3, -0.25) is 4.79 Å². The minimum atomic E-state index is -3.07. The van der Waals surface area contributed by atoms with Crippen molar-refractivity contribution in [3.8, 4) is 0 Å². The topological polar surface area (TPSA) is 54.5 Å². The Morgan fingerprint density at radius 2 is 1.62 bits per heavy atom. The van der Waals surface area contributed by atoms with Crippen molar-refractivity contribution in [2.45, 2.75) is 12.8 Å². The van der Waals surface area contributed by atoms with E-state index in [9.17, 15) is 13.2 Å².